The Morgan fingerprint density at radius 3 is 2.53 bits per heavy atom. The van der Waals surface area contributed by atoms with E-state index in [1.54, 1.807) is 11.0 Å². The van der Waals surface area contributed by atoms with Crippen LogP contribution in [0.25, 0.3) is 6.08 Å². The molecule has 0 bridgehead atoms. The molecule has 0 radical (unpaired) electrons. The van der Waals surface area contributed by atoms with Crippen LogP contribution in [0.1, 0.15) is 29.5 Å². The number of carbonyl (C=O) groups is 3. The zero-order valence-electron chi connectivity index (χ0n) is 17.7. The molecule has 0 N–H and O–H groups in total. The van der Waals surface area contributed by atoms with E-state index in [-0.39, 0.29) is 12.5 Å². The van der Waals surface area contributed by atoms with Crippen molar-refractivity contribution >= 4 is 50.8 Å². The summed E-state index contributed by atoms with van der Waals surface area (Å²) in [4.78, 5) is 40.4. The van der Waals surface area contributed by atoms with E-state index < -0.39 is 11.1 Å². The van der Waals surface area contributed by atoms with Gasteiger partial charge in [-0.15, -0.1) is 0 Å². The minimum atomic E-state index is -0.427. The molecule has 32 heavy (non-hydrogen) atoms. The Balaban J connectivity index is 1.41. The van der Waals surface area contributed by atoms with E-state index in [4.69, 9.17) is 4.74 Å². The summed E-state index contributed by atoms with van der Waals surface area (Å²) >= 11 is 4.38. The molecule has 8 heteroatoms. The van der Waals surface area contributed by atoms with Gasteiger partial charge in [-0.05, 0) is 76.8 Å². The van der Waals surface area contributed by atoms with E-state index in [0.29, 0.717) is 30.4 Å². The van der Waals surface area contributed by atoms with E-state index in [1.807, 2.05) is 49.4 Å². The Kier molecular flexibility index (Phi) is 7.01. The molecule has 0 aromatic heterocycles. The van der Waals surface area contributed by atoms with Gasteiger partial charge in [-0.3, -0.25) is 19.3 Å². The molecule has 166 valence electrons. The molecule has 2 aromatic rings. The van der Waals surface area contributed by atoms with Gasteiger partial charge in [0.1, 0.15) is 18.9 Å². The van der Waals surface area contributed by atoms with Crippen LogP contribution in [0.15, 0.2) is 51.8 Å². The third kappa shape index (κ3) is 5.24. The standard InChI is InChI=1S/C24H23BrN2O4S/c1-16-4-6-17(7-5-16)15-31-20-9-8-18(12-19(20)25)13-21-23(29)27(24(30)32-21)14-22(28)26-10-2-3-11-26/h4-9,12-13H,2-3,10-11,14-15H2,1H3/b21-13+. The van der Waals surface area contributed by atoms with Crippen LogP contribution in [0.3, 0.4) is 0 Å². The summed E-state index contributed by atoms with van der Waals surface area (Å²) in [7, 11) is 0. The zero-order valence-corrected chi connectivity index (χ0v) is 20.1. The van der Waals surface area contributed by atoms with Crippen molar-refractivity contribution in [3.63, 3.8) is 0 Å². The SMILES string of the molecule is Cc1ccc(COc2ccc(/C=C3/SC(=O)N(CC(=O)N4CCCC4)C3=O)cc2Br)cc1. The largest absolute Gasteiger partial charge is 0.488 e. The summed E-state index contributed by atoms with van der Waals surface area (Å²) < 4.78 is 6.64. The minimum Gasteiger partial charge on any atom is -0.488 e. The Bertz CT molecular complexity index is 1080. The number of thioether (sulfide) groups is 1. The lowest BCUT2D eigenvalue weighted by Crippen LogP contribution is -2.40. The van der Waals surface area contributed by atoms with Gasteiger partial charge >= 0.3 is 0 Å². The molecule has 0 spiro atoms. The topological polar surface area (TPSA) is 66.9 Å². The van der Waals surface area contributed by atoms with Crippen LogP contribution in [-0.2, 0) is 16.2 Å². The Labute approximate surface area is 199 Å². The lowest BCUT2D eigenvalue weighted by Gasteiger charge is -2.18. The van der Waals surface area contributed by atoms with E-state index in [1.165, 1.54) is 5.56 Å². The van der Waals surface area contributed by atoms with Gasteiger partial charge in [0.05, 0.1) is 9.38 Å². The Hall–Kier alpha value is -2.58. The second-order valence-electron chi connectivity index (χ2n) is 7.82. The molecule has 2 saturated heterocycles. The molecule has 2 fully saturated rings. The second-order valence-corrected chi connectivity index (χ2v) is 9.67. The summed E-state index contributed by atoms with van der Waals surface area (Å²) in [6.07, 6.45) is 3.60. The lowest BCUT2D eigenvalue weighted by atomic mass is 10.1. The Morgan fingerprint density at radius 1 is 1.12 bits per heavy atom. The first-order valence-electron chi connectivity index (χ1n) is 10.4. The number of nitrogens with zero attached hydrogens (tertiary/aromatic N) is 2. The van der Waals surface area contributed by atoms with E-state index in [9.17, 15) is 14.4 Å². The van der Waals surface area contributed by atoms with E-state index in [2.05, 4.69) is 15.9 Å². The summed E-state index contributed by atoms with van der Waals surface area (Å²) in [5, 5.41) is -0.411. The highest BCUT2D eigenvalue weighted by molar-refractivity contribution is 9.10. The first kappa shape index (κ1) is 22.6. The molecule has 0 aliphatic carbocycles. The molecular formula is C24H23BrN2O4S. The fraction of sp³-hybridized carbons (Fsp3) is 0.292. The molecule has 0 unspecified atom stereocenters. The number of likely N-dealkylation sites (tertiary alicyclic amines) is 1. The van der Waals surface area contributed by atoms with E-state index >= 15 is 0 Å². The third-order valence-electron chi connectivity index (χ3n) is 5.39. The molecule has 2 aliphatic rings. The molecule has 0 atom stereocenters. The third-order valence-corrected chi connectivity index (χ3v) is 6.92. The Morgan fingerprint density at radius 2 is 1.84 bits per heavy atom. The van der Waals surface area contributed by atoms with Crippen LogP contribution in [0.5, 0.6) is 5.75 Å². The number of carbonyl (C=O) groups excluding carboxylic acids is 3. The first-order valence-corrected chi connectivity index (χ1v) is 12.0. The maximum Gasteiger partial charge on any atom is 0.294 e. The normalized spacial score (nSPS) is 17.5. The van der Waals surface area contributed by atoms with Crippen molar-refractivity contribution in [2.75, 3.05) is 19.6 Å². The number of benzene rings is 2. The highest BCUT2D eigenvalue weighted by Crippen LogP contribution is 2.34. The quantitative estimate of drug-likeness (QED) is 0.507. The summed E-state index contributed by atoms with van der Waals surface area (Å²) in [5.74, 6) is 0.0827. The van der Waals surface area contributed by atoms with Gasteiger partial charge in [-0.2, -0.15) is 0 Å². The van der Waals surface area contributed by atoms with Gasteiger partial charge in [0.2, 0.25) is 5.91 Å². The number of imide groups is 1. The number of halogens is 1. The van der Waals surface area contributed by atoms with Crippen LogP contribution < -0.4 is 4.74 Å². The van der Waals surface area contributed by atoms with E-state index in [0.717, 1.165) is 45.1 Å². The molecular weight excluding hydrogens is 492 g/mol. The highest BCUT2D eigenvalue weighted by Gasteiger charge is 2.37. The average Bonchev–Trinajstić information content (AvgIpc) is 3.39. The van der Waals surface area contributed by atoms with Crippen molar-refractivity contribution in [1.29, 1.82) is 0 Å². The minimum absolute atomic E-state index is 0.177. The lowest BCUT2D eigenvalue weighted by molar-refractivity contribution is -0.135. The van der Waals surface area contributed by atoms with Gasteiger partial charge in [0.15, 0.2) is 0 Å². The molecule has 2 aliphatic heterocycles. The molecule has 4 rings (SSSR count). The van der Waals surface area contributed by atoms with Crippen molar-refractivity contribution in [2.24, 2.45) is 0 Å². The molecule has 2 heterocycles. The predicted molar refractivity (Wildman–Crippen MR) is 128 cm³/mol. The highest BCUT2D eigenvalue weighted by atomic mass is 79.9. The van der Waals surface area contributed by atoms with Crippen molar-refractivity contribution in [3.8, 4) is 5.75 Å². The van der Waals surface area contributed by atoms with Crippen LogP contribution in [0, 0.1) is 6.92 Å². The van der Waals surface area contributed by atoms with Crippen LogP contribution >= 0.6 is 27.7 Å². The summed E-state index contributed by atoms with van der Waals surface area (Å²) in [6.45, 7) is 3.67. The predicted octanol–water partition coefficient (Wildman–Crippen LogP) is 5.00. The van der Waals surface area contributed by atoms with Crippen molar-refractivity contribution in [3.05, 3.63) is 68.5 Å². The number of hydrogen-bond donors (Lipinski definition) is 0. The zero-order chi connectivity index (χ0) is 22.7. The van der Waals surface area contributed by atoms with Crippen LogP contribution in [0.4, 0.5) is 4.79 Å². The number of aryl methyl sites for hydroxylation is 1. The summed E-state index contributed by atoms with van der Waals surface area (Å²) in [5.41, 5.74) is 3.03. The molecule has 3 amide bonds. The van der Waals surface area contributed by atoms with Crippen LogP contribution in [-0.4, -0.2) is 46.5 Å². The molecule has 0 saturated carbocycles. The monoisotopic (exact) mass is 514 g/mol. The molecule has 6 nitrogen and oxygen atoms in total. The number of ether oxygens (including phenoxy) is 1. The van der Waals surface area contributed by atoms with Crippen molar-refractivity contribution < 1.29 is 19.1 Å². The smallest absolute Gasteiger partial charge is 0.294 e. The van der Waals surface area contributed by atoms with Crippen molar-refractivity contribution in [1.82, 2.24) is 9.80 Å². The van der Waals surface area contributed by atoms with Gasteiger partial charge in [-0.25, -0.2) is 0 Å². The maximum absolute atomic E-state index is 12.7. The molecule has 2 aromatic carbocycles. The fourth-order valence-corrected chi connectivity index (χ4v) is 4.91. The average molecular weight is 515 g/mol. The maximum atomic E-state index is 12.7. The van der Waals surface area contributed by atoms with Gasteiger partial charge in [-0.1, -0.05) is 35.9 Å². The number of amides is 3. The van der Waals surface area contributed by atoms with Crippen LogP contribution in [0.2, 0.25) is 0 Å². The van der Waals surface area contributed by atoms with Gasteiger partial charge in [0.25, 0.3) is 11.1 Å². The van der Waals surface area contributed by atoms with Crippen molar-refractivity contribution in [2.45, 2.75) is 26.4 Å². The number of hydrogen-bond acceptors (Lipinski definition) is 5. The fourth-order valence-electron chi connectivity index (χ4n) is 3.56. The van der Waals surface area contributed by atoms with Gasteiger partial charge < -0.3 is 9.64 Å². The number of rotatable bonds is 6. The first-order chi connectivity index (χ1) is 15.4. The van der Waals surface area contributed by atoms with Gasteiger partial charge in [0, 0.05) is 13.1 Å². The second kappa shape index (κ2) is 9.92. The summed E-state index contributed by atoms with van der Waals surface area (Å²) in [6, 6.07) is 13.6.